The van der Waals surface area contributed by atoms with E-state index in [2.05, 4.69) is 62.9 Å². The molecule has 160 valence electrons. The van der Waals surface area contributed by atoms with Gasteiger partial charge in [0.2, 0.25) is 0 Å². The standard InChI is InChI=1S/C27H28O4/c1-18(2)27(29)31-14-13-30-26-16-23(10-11-24(26)17-28)21-6-8-22(9-7-21)25-12-5-19(3)15-20(25)4/h5-12,15-16,28H,1,13-14,17H2,2-4H3. The molecule has 3 aromatic carbocycles. The van der Waals surface area contributed by atoms with Gasteiger partial charge in [0.1, 0.15) is 19.0 Å². The molecule has 0 atom stereocenters. The second-order valence-corrected chi connectivity index (χ2v) is 7.64. The largest absolute Gasteiger partial charge is 0.490 e. The molecular formula is C27H28O4. The summed E-state index contributed by atoms with van der Waals surface area (Å²) in [4.78, 5) is 11.5. The van der Waals surface area contributed by atoms with Crippen LogP contribution in [0, 0.1) is 13.8 Å². The zero-order chi connectivity index (χ0) is 22.4. The van der Waals surface area contributed by atoms with Gasteiger partial charge in [-0.15, -0.1) is 0 Å². The first-order chi connectivity index (χ1) is 14.9. The van der Waals surface area contributed by atoms with E-state index >= 15 is 0 Å². The van der Waals surface area contributed by atoms with Crippen molar-refractivity contribution in [1.29, 1.82) is 0 Å². The summed E-state index contributed by atoms with van der Waals surface area (Å²) in [5.74, 6) is 0.133. The highest BCUT2D eigenvalue weighted by Gasteiger charge is 2.09. The fraction of sp³-hybridized carbons (Fsp3) is 0.222. The molecule has 4 nitrogen and oxygen atoms in total. The monoisotopic (exact) mass is 416 g/mol. The number of benzene rings is 3. The lowest BCUT2D eigenvalue weighted by molar-refractivity contribution is -0.139. The molecule has 0 aliphatic heterocycles. The van der Waals surface area contributed by atoms with Gasteiger partial charge in [-0.05, 0) is 54.7 Å². The summed E-state index contributed by atoms with van der Waals surface area (Å²) >= 11 is 0. The Morgan fingerprint density at radius 1 is 0.903 bits per heavy atom. The molecule has 0 aliphatic rings. The summed E-state index contributed by atoms with van der Waals surface area (Å²) in [5.41, 5.74) is 7.97. The van der Waals surface area contributed by atoms with Crippen LogP contribution in [0.1, 0.15) is 23.6 Å². The number of aryl methyl sites for hydroxylation is 2. The number of aliphatic hydroxyl groups is 1. The number of carbonyl (C=O) groups excluding carboxylic acids is 1. The Hall–Kier alpha value is -3.37. The first-order valence-corrected chi connectivity index (χ1v) is 10.3. The summed E-state index contributed by atoms with van der Waals surface area (Å²) in [6.07, 6.45) is 0. The van der Waals surface area contributed by atoms with Crippen molar-refractivity contribution in [3.05, 3.63) is 89.5 Å². The number of esters is 1. The second kappa shape index (κ2) is 10.1. The number of ether oxygens (including phenoxy) is 2. The van der Waals surface area contributed by atoms with Gasteiger partial charge in [-0.2, -0.15) is 0 Å². The predicted octanol–water partition coefficient (Wildman–Crippen LogP) is 5.63. The Morgan fingerprint density at radius 3 is 2.23 bits per heavy atom. The lowest BCUT2D eigenvalue weighted by Gasteiger charge is -2.13. The van der Waals surface area contributed by atoms with Crippen LogP contribution in [0.4, 0.5) is 0 Å². The Bertz CT molecular complexity index is 1080. The topological polar surface area (TPSA) is 55.8 Å². The third kappa shape index (κ3) is 5.62. The van der Waals surface area contributed by atoms with Gasteiger partial charge in [-0.3, -0.25) is 0 Å². The van der Waals surface area contributed by atoms with E-state index < -0.39 is 5.97 Å². The Balaban J connectivity index is 1.75. The Labute approximate surface area is 183 Å². The fourth-order valence-electron chi connectivity index (χ4n) is 3.39. The van der Waals surface area contributed by atoms with E-state index in [-0.39, 0.29) is 19.8 Å². The van der Waals surface area contributed by atoms with E-state index in [0.717, 1.165) is 11.1 Å². The molecule has 0 heterocycles. The molecule has 1 N–H and O–H groups in total. The summed E-state index contributed by atoms with van der Waals surface area (Å²) in [6.45, 7) is 9.55. The highest BCUT2D eigenvalue weighted by atomic mass is 16.6. The molecule has 0 aromatic heterocycles. The van der Waals surface area contributed by atoms with Crippen LogP contribution in [0.25, 0.3) is 22.3 Å². The maximum Gasteiger partial charge on any atom is 0.333 e. The van der Waals surface area contributed by atoms with Gasteiger partial charge in [-0.25, -0.2) is 4.79 Å². The molecular weight excluding hydrogens is 388 g/mol. The summed E-state index contributed by atoms with van der Waals surface area (Å²) in [5, 5.41) is 9.63. The maximum absolute atomic E-state index is 11.5. The number of carbonyl (C=O) groups is 1. The van der Waals surface area contributed by atoms with Crippen molar-refractivity contribution in [2.45, 2.75) is 27.4 Å². The van der Waals surface area contributed by atoms with Crippen LogP contribution in [0.2, 0.25) is 0 Å². The summed E-state index contributed by atoms with van der Waals surface area (Å²) in [7, 11) is 0. The minimum atomic E-state index is -0.441. The third-order valence-corrected chi connectivity index (χ3v) is 5.07. The smallest absolute Gasteiger partial charge is 0.333 e. The minimum Gasteiger partial charge on any atom is -0.490 e. The molecule has 0 spiro atoms. The minimum absolute atomic E-state index is 0.116. The van der Waals surface area contributed by atoms with Crippen molar-refractivity contribution >= 4 is 5.97 Å². The van der Waals surface area contributed by atoms with Crippen molar-refractivity contribution in [1.82, 2.24) is 0 Å². The van der Waals surface area contributed by atoms with Crippen LogP contribution in [0.3, 0.4) is 0 Å². The normalized spacial score (nSPS) is 10.6. The van der Waals surface area contributed by atoms with Gasteiger partial charge in [0, 0.05) is 11.1 Å². The maximum atomic E-state index is 11.5. The SMILES string of the molecule is C=C(C)C(=O)OCCOc1cc(-c2ccc(-c3ccc(C)cc3C)cc2)ccc1CO. The molecule has 0 bridgehead atoms. The lowest BCUT2D eigenvalue weighted by Crippen LogP contribution is -2.13. The fourth-order valence-corrected chi connectivity index (χ4v) is 3.39. The van der Waals surface area contributed by atoms with Crippen molar-refractivity contribution in [3.8, 4) is 28.0 Å². The second-order valence-electron chi connectivity index (χ2n) is 7.64. The van der Waals surface area contributed by atoms with Gasteiger partial charge in [0.25, 0.3) is 0 Å². The van der Waals surface area contributed by atoms with E-state index in [1.54, 1.807) is 6.92 Å². The average Bonchev–Trinajstić information content (AvgIpc) is 2.76. The number of aliphatic hydroxyl groups excluding tert-OH is 1. The molecule has 0 radical (unpaired) electrons. The van der Waals surface area contributed by atoms with E-state index in [1.165, 1.54) is 22.3 Å². The molecule has 31 heavy (non-hydrogen) atoms. The summed E-state index contributed by atoms with van der Waals surface area (Å²) in [6, 6.07) is 20.6. The van der Waals surface area contributed by atoms with Crippen molar-refractivity contribution in [3.63, 3.8) is 0 Å². The molecule has 3 rings (SSSR count). The van der Waals surface area contributed by atoms with Crippen LogP contribution in [-0.2, 0) is 16.1 Å². The molecule has 0 amide bonds. The van der Waals surface area contributed by atoms with Gasteiger partial charge < -0.3 is 14.6 Å². The molecule has 0 aliphatic carbocycles. The van der Waals surface area contributed by atoms with E-state index in [0.29, 0.717) is 16.9 Å². The third-order valence-electron chi connectivity index (χ3n) is 5.07. The predicted molar refractivity (Wildman–Crippen MR) is 124 cm³/mol. The van der Waals surface area contributed by atoms with Crippen LogP contribution < -0.4 is 4.74 Å². The Morgan fingerprint density at radius 2 is 1.58 bits per heavy atom. The summed E-state index contributed by atoms with van der Waals surface area (Å²) < 4.78 is 10.8. The van der Waals surface area contributed by atoms with Gasteiger partial charge >= 0.3 is 5.97 Å². The molecule has 0 saturated heterocycles. The first kappa shape index (κ1) is 22.3. The number of rotatable bonds is 8. The van der Waals surface area contributed by atoms with Gasteiger partial charge in [0.15, 0.2) is 0 Å². The number of hydrogen-bond acceptors (Lipinski definition) is 4. The molecule has 0 saturated carbocycles. The zero-order valence-corrected chi connectivity index (χ0v) is 18.3. The van der Waals surface area contributed by atoms with E-state index in [1.807, 2.05) is 18.2 Å². The van der Waals surface area contributed by atoms with Crippen LogP contribution in [0.15, 0.2) is 72.8 Å². The molecule has 0 unspecified atom stereocenters. The van der Waals surface area contributed by atoms with E-state index in [9.17, 15) is 9.90 Å². The average molecular weight is 417 g/mol. The zero-order valence-electron chi connectivity index (χ0n) is 18.3. The molecule has 4 heteroatoms. The van der Waals surface area contributed by atoms with Crippen LogP contribution in [-0.4, -0.2) is 24.3 Å². The van der Waals surface area contributed by atoms with Crippen molar-refractivity contribution in [2.75, 3.05) is 13.2 Å². The van der Waals surface area contributed by atoms with Crippen molar-refractivity contribution in [2.24, 2.45) is 0 Å². The highest BCUT2D eigenvalue weighted by Crippen LogP contribution is 2.30. The first-order valence-electron chi connectivity index (χ1n) is 10.3. The molecule has 0 fully saturated rings. The number of hydrogen-bond donors (Lipinski definition) is 1. The Kier molecular flexibility index (Phi) is 7.27. The lowest BCUT2D eigenvalue weighted by atomic mass is 9.96. The van der Waals surface area contributed by atoms with Crippen LogP contribution in [0.5, 0.6) is 5.75 Å². The van der Waals surface area contributed by atoms with Crippen molar-refractivity contribution < 1.29 is 19.4 Å². The van der Waals surface area contributed by atoms with Gasteiger partial charge in [-0.1, -0.05) is 66.7 Å². The molecule has 3 aromatic rings. The quantitative estimate of drug-likeness (QED) is 0.294. The van der Waals surface area contributed by atoms with E-state index in [4.69, 9.17) is 9.47 Å². The van der Waals surface area contributed by atoms with Crippen LogP contribution >= 0.6 is 0 Å². The highest BCUT2D eigenvalue weighted by molar-refractivity contribution is 5.86. The van der Waals surface area contributed by atoms with Gasteiger partial charge in [0.05, 0.1) is 6.61 Å².